The Bertz CT molecular complexity index is 870. The molecule has 0 amide bonds. The molecule has 6 heteroatoms. The van der Waals surface area contributed by atoms with Gasteiger partial charge in [-0.05, 0) is 37.1 Å². The van der Waals surface area contributed by atoms with Crippen LogP contribution in [0.1, 0.15) is 23.6 Å². The van der Waals surface area contributed by atoms with Gasteiger partial charge in [0, 0.05) is 37.2 Å². The first kappa shape index (κ1) is 19.4. The monoisotopic (exact) mass is 392 g/mol. The van der Waals surface area contributed by atoms with Crippen LogP contribution in [0.15, 0.2) is 48.5 Å². The van der Waals surface area contributed by atoms with Crippen molar-refractivity contribution in [2.75, 3.05) is 19.6 Å². The van der Waals surface area contributed by atoms with Crippen molar-refractivity contribution in [3.8, 4) is 0 Å². The molecule has 1 saturated heterocycles. The fraction of sp³-hybridized carbons (Fsp3) is 0.400. The number of hydrogen-bond acceptors (Lipinski definition) is 3. The summed E-state index contributed by atoms with van der Waals surface area (Å²) in [6, 6.07) is 15.5. The average Bonchev–Trinajstić information content (AvgIpc) is 2.54. The van der Waals surface area contributed by atoms with E-state index in [1.54, 1.807) is 4.31 Å². The van der Waals surface area contributed by atoms with Crippen LogP contribution in [0.25, 0.3) is 0 Å². The molecule has 1 heterocycles. The second-order valence-electron chi connectivity index (χ2n) is 7.07. The molecule has 0 saturated carbocycles. The van der Waals surface area contributed by atoms with Crippen LogP contribution < -0.4 is 0 Å². The number of nitrogens with zero attached hydrogens (tertiary/aromatic N) is 2. The second-order valence-corrected chi connectivity index (χ2v) is 9.43. The molecule has 0 N–H and O–H groups in total. The Morgan fingerprint density at radius 3 is 2.50 bits per heavy atom. The fourth-order valence-corrected chi connectivity index (χ4v) is 5.52. The fourth-order valence-electron chi connectivity index (χ4n) is 3.56. The number of halogens is 1. The Balaban J connectivity index is 1.64. The van der Waals surface area contributed by atoms with Crippen molar-refractivity contribution in [3.63, 3.8) is 0 Å². The van der Waals surface area contributed by atoms with Gasteiger partial charge in [-0.1, -0.05) is 53.6 Å². The lowest BCUT2D eigenvalue weighted by atomic mass is 10.1. The molecule has 0 aromatic heterocycles. The number of sulfonamides is 1. The van der Waals surface area contributed by atoms with Gasteiger partial charge in [0.2, 0.25) is 10.0 Å². The highest BCUT2D eigenvalue weighted by Gasteiger charge is 2.32. The smallest absolute Gasteiger partial charge is 0.218 e. The maximum Gasteiger partial charge on any atom is 0.218 e. The van der Waals surface area contributed by atoms with Gasteiger partial charge in [-0.25, -0.2) is 8.42 Å². The highest BCUT2D eigenvalue weighted by Crippen LogP contribution is 2.20. The van der Waals surface area contributed by atoms with Crippen molar-refractivity contribution in [3.05, 3.63) is 70.2 Å². The van der Waals surface area contributed by atoms with Crippen LogP contribution in [0.5, 0.6) is 0 Å². The molecular weight excluding hydrogens is 368 g/mol. The topological polar surface area (TPSA) is 40.6 Å². The molecule has 0 radical (unpaired) electrons. The van der Waals surface area contributed by atoms with Gasteiger partial charge >= 0.3 is 0 Å². The van der Waals surface area contributed by atoms with Crippen LogP contribution in [0.4, 0.5) is 0 Å². The molecular formula is C20H25ClN2O2S. The number of aryl methyl sites for hydroxylation is 1. The number of hydrogen-bond donors (Lipinski definition) is 0. The standard InChI is InChI=1S/C20H25ClN2O2S/c1-16-5-3-7-19(11-16)15-26(24,25)23-10-9-22(13-17(23)2)14-18-6-4-8-20(21)12-18/h3-8,11-12,17H,9-10,13-15H2,1-2H3/t17-/m0/s1. The molecule has 0 unspecified atom stereocenters. The zero-order chi connectivity index (χ0) is 18.7. The first-order valence-corrected chi connectivity index (χ1v) is 10.8. The summed E-state index contributed by atoms with van der Waals surface area (Å²) in [5, 5.41) is 0.731. The minimum absolute atomic E-state index is 0.0438. The Morgan fingerprint density at radius 1 is 1.08 bits per heavy atom. The molecule has 0 aliphatic carbocycles. The van der Waals surface area contributed by atoms with Crippen molar-refractivity contribution in [1.82, 2.24) is 9.21 Å². The van der Waals surface area contributed by atoms with Crippen LogP contribution in [-0.4, -0.2) is 43.3 Å². The van der Waals surface area contributed by atoms with E-state index in [1.165, 1.54) is 0 Å². The first-order chi connectivity index (χ1) is 12.3. The van der Waals surface area contributed by atoms with Gasteiger partial charge in [0.1, 0.15) is 0 Å². The summed E-state index contributed by atoms with van der Waals surface area (Å²) in [4.78, 5) is 2.29. The summed E-state index contributed by atoms with van der Waals surface area (Å²) in [6.45, 7) is 6.72. The van der Waals surface area contributed by atoms with Crippen LogP contribution in [0, 0.1) is 6.92 Å². The van der Waals surface area contributed by atoms with Crippen LogP contribution in [0.2, 0.25) is 5.02 Å². The van der Waals surface area contributed by atoms with Crippen LogP contribution in [0.3, 0.4) is 0 Å². The minimum atomic E-state index is -3.32. The SMILES string of the molecule is Cc1cccc(CS(=O)(=O)N2CCN(Cc3cccc(Cl)c3)C[C@@H]2C)c1. The largest absolute Gasteiger partial charge is 0.296 e. The van der Waals surface area contributed by atoms with E-state index in [-0.39, 0.29) is 11.8 Å². The lowest BCUT2D eigenvalue weighted by Crippen LogP contribution is -2.53. The minimum Gasteiger partial charge on any atom is -0.296 e. The van der Waals surface area contributed by atoms with E-state index in [2.05, 4.69) is 11.0 Å². The van der Waals surface area contributed by atoms with E-state index in [4.69, 9.17) is 11.6 Å². The summed E-state index contributed by atoms with van der Waals surface area (Å²) >= 11 is 6.06. The van der Waals surface area contributed by atoms with Gasteiger partial charge in [-0.3, -0.25) is 4.90 Å². The third-order valence-electron chi connectivity index (χ3n) is 4.73. The Hall–Kier alpha value is -1.40. The van der Waals surface area contributed by atoms with Crippen molar-refractivity contribution in [1.29, 1.82) is 0 Å². The van der Waals surface area contributed by atoms with Gasteiger partial charge in [0.15, 0.2) is 0 Å². The molecule has 3 rings (SSSR count). The molecule has 2 aromatic rings. The maximum absolute atomic E-state index is 12.9. The molecule has 140 valence electrons. The first-order valence-electron chi connectivity index (χ1n) is 8.85. The average molecular weight is 393 g/mol. The number of piperazine rings is 1. The summed E-state index contributed by atoms with van der Waals surface area (Å²) < 4.78 is 27.4. The van der Waals surface area contributed by atoms with E-state index in [0.717, 1.165) is 41.3 Å². The second kappa shape index (κ2) is 8.09. The van der Waals surface area contributed by atoms with Gasteiger partial charge in [-0.15, -0.1) is 0 Å². The van der Waals surface area contributed by atoms with Gasteiger partial charge < -0.3 is 0 Å². The highest BCUT2D eigenvalue weighted by atomic mass is 35.5. The third kappa shape index (κ3) is 4.86. The van der Waals surface area contributed by atoms with Crippen molar-refractivity contribution < 1.29 is 8.42 Å². The van der Waals surface area contributed by atoms with E-state index < -0.39 is 10.0 Å². The number of benzene rings is 2. The van der Waals surface area contributed by atoms with E-state index in [9.17, 15) is 8.42 Å². The lowest BCUT2D eigenvalue weighted by Gasteiger charge is -2.39. The molecule has 1 aliphatic rings. The van der Waals surface area contributed by atoms with Crippen molar-refractivity contribution in [2.24, 2.45) is 0 Å². The molecule has 1 aliphatic heterocycles. The predicted molar refractivity (Wildman–Crippen MR) is 107 cm³/mol. The summed E-state index contributed by atoms with van der Waals surface area (Å²) in [7, 11) is -3.32. The van der Waals surface area contributed by atoms with E-state index in [1.807, 2.05) is 56.3 Å². The number of rotatable bonds is 5. The Kier molecular flexibility index (Phi) is 6.03. The summed E-state index contributed by atoms with van der Waals surface area (Å²) in [6.07, 6.45) is 0. The van der Waals surface area contributed by atoms with Gasteiger partial charge in [0.05, 0.1) is 5.75 Å². The normalized spacial score (nSPS) is 19.6. The lowest BCUT2D eigenvalue weighted by molar-refractivity contribution is 0.138. The highest BCUT2D eigenvalue weighted by molar-refractivity contribution is 7.88. The third-order valence-corrected chi connectivity index (χ3v) is 6.93. The van der Waals surface area contributed by atoms with Gasteiger partial charge in [-0.2, -0.15) is 4.31 Å². The zero-order valence-electron chi connectivity index (χ0n) is 15.2. The van der Waals surface area contributed by atoms with Gasteiger partial charge in [0.25, 0.3) is 0 Å². The summed E-state index contributed by atoms with van der Waals surface area (Å²) in [5.41, 5.74) is 3.08. The van der Waals surface area contributed by atoms with Crippen molar-refractivity contribution >= 4 is 21.6 Å². The van der Waals surface area contributed by atoms with Crippen LogP contribution >= 0.6 is 11.6 Å². The molecule has 0 spiro atoms. The van der Waals surface area contributed by atoms with E-state index in [0.29, 0.717) is 6.54 Å². The molecule has 1 fully saturated rings. The zero-order valence-corrected chi connectivity index (χ0v) is 16.8. The molecule has 2 aromatic carbocycles. The quantitative estimate of drug-likeness (QED) is 0.779. The predicted octanol–water partition coefficient (Wildman–Crippen LogP) is 3.68. The Labute approximate surface area is 161 Å². The van der Waals surface area contributed by atoms with Crippen LogP contribution in [-0.2, 0) is 22.3 Å². The molecule has 26 heavy (non-hydrogen) atoms. The molecule has 1 atom stereocenters. The Morgan fingerprint density at radius 2 is 1.81 bits per heavy atom. The van der Waals surface area contributed by atoms with Crippen molar-refractivity contribution in [2.45, 2.75) is 32.2 Å². The molecule has 0 bridgehead atoms. The van der Waals surface area contributed by atoms with E-state index >= 15 is 0 Å². The summed E-state index contributed by atoms with van der Waals surface area (Å²) in [5.74, 6) is 0.0628. The molecule has 4 nitrogen and oxygen atoms in total. The maximum atomic E-state index is 12.9.